The lowest BCUT2D eigenvalue weighted by atomic mass is 10.3. The lowest BCUT2D eigenvalue weighted by Crippen LogP contribution is -2.49. The molecule has 1 aromatic rings. The molecule has 140 valence electrons. The molecule has 0 aliphatic carbocycles. The topological polar surface area (TPSA) is 82.6 Å². The summed E-state index contributed by atoms with van der Waals surface area (Å²) in [4.78, 5) is 17.8. The van der Waals surface area contributed by atoms with Crippen molar-refractivity contribution in [1.29, 1.82) is 0 Å². The van der Waals surface area contributed by atoms with Gasteiger partial charge in [0.1, 0.15) is 5.82 Å². The van der Waals surface area contributed by atoms with E-state index >= 15 is 0 Å². The number of alkyl halides is 1. The van der Waals surface area contributed by atoms with Crippen LogP contribution >= 0.6 is 11.6 Å². The van der Waals surface area contributed by atoms with Crippen molar-refractivity contribution in [1.82, 2.24) is 14.6 Å². The molecule has 0 radical (unpaired) electrons. The predicted molar refractivity (Wildman–Crippen MR) is 99.4 cm³/mol. The highest BCUT2D eigenvalue weighted by atomic mass is 35.5. The van der Waals surface area contributed by atoms with E-state index in [1.54, 1.807) is 6.20 Å². The minimum absolute atomic E-state index is 0.0480. The third kappa shape index (κ3) is 6.45. The summed E-state index contributed by atoms with van der Waals surface area (Å²) in [6.45, 7) is 2.55. The molecular formula is C16H25ClN4O3S. The number of aromatic nitrogens is 1. The van der Waals surface area contributed by atoms with Crippen molar-refractivity contribution in [3.8, 4) is 0 Å². The first-order valence-corrected chi connectivity index (χ1v) is 10.6. The van der Waals surface area contributed by atoms with Crippen LogP contribution in [0.2, 0.25) is 0 Å². The van der Waals surface area contributed by atoms with Crippen molar-refractivity contribution in [3.05, 3.63) is 24.4 Å². The molecule has 2 rings (SSSR count). The van der Waals surface area contributed by atoms with E-state index in [1.807, 2.05) is 18.2 Å². The summed E-state index contributed by atoms with van der Waals surface area (Å²) in [5.41, 5.74) is 0. The fraction of sp³-hybridized carbons (Fsp3) is 0.625. The number of pyridine rings is 1. The predicted octanol–water partition coefficient (Wildman–Crippen LogP) is 1.06. The van der Waals surface area contributed by atoms with Gasteiger partial charge in [0.25, 0.3) is 0 Å². The molecule has 9 heteroatoms. The van der Waals surface area contributed by atoms with Crippen LogP contribution in [0.1, 0.15) is 19.3 Å². The number of carbonyl (C=O) groups is 1. The smallest absolute Gasteiger partial charge is 0.220 e. The standard InChI is InChI=1S/C16H25ClN4O3S/c17-7-3-6-16(22)19-9-4-14-25(23,24)21-12-10-20(11-13-21)15-5-1-2-8-18-15/h1-2,5,8H,3-4,6-7,9-14H2,(H,19,22). The number of hydrogen-bond donors (Lipinski definition) is 1. The van der Waals surface area contributed by atoms with E-state index in [0.29, 0.717) is 57.9 Å². The summed E-state index contributed by atoms with van der Waals surface area (Å²) in [7, 11) is -3.29. The number of rotatable bonds is 9. The van der Waals surface area contributed by atoms with E-state index < -0.39 is 10.0 Å². The van der Waals surface area contributed by atoms with Crippen LogP contribution < -0.4 is 10.2 Å². The summed E-state index contributed by atoms with van der Waals surface area (Å²) in [5, 5.41) is 2.72. The van der Waals surface area contributed by atoms with Gasteiger partial charge in [-0.05, 0) is 25.0 Å². The van der Waals surface area contributed by atoms with Crippen molar-refractivity contribution in [2.45, 2.75) is 19.3 Å². The number of nitrogens with one attached hydrogen (secondary N) is 1. The molecule has 1 saturated heterocycles. The summed E-state index contributed by atoms with van der Waals surface area (Å²) < 4.78 is 26.3. The summed E-state index contributed by atoms with van der Waals surface area (Å²) in [6.07, 6.45) is 3.16. The van der Waals surface area contributed by atoms with Crippen molar-refractivity contribution in [2.75, 3.05) is 49.3 Å². The third-order valence-corrected chi connectivity index (χ3v) is 6.27. The molecule has 0 aromatic carbocycles. The van der Waals surface area contributed by atoms with Crippen molar-refractivity contribution < 1.29 is 13.2 Å². The van der Waals surface area contributed by atoms with Gasteiger partial charge in [-0.2, -0.15) is 4.31 Å². The minimum Gasteiger partial charge on any atom is -0.356 e. The van der Waals surface area contributed by atoms with Crippen LogP contribution in [0.3, 0.4) is 0 Å². The summed E-state index contributed by atoms with van der Waals surface area (Å²) in [5.74, 6) is 1.29. The molecule has 0 unspecified atom stereocenters. The zero-order valence-electron chi connectivity index (χ0n) is 14.2. The second kappa shape index (κ2) is 9.94. The van der Waals surface area contributed by atoms with Crippen molar-refractivity contribution >= 4 is 33.3 Å². The molecule has 0 saturated carbocycles. The number of sulfonamides is 1. The number of hydrogen-bond acceptors (Lipinski definition) is 5. The third-order valence-electron chi connectivity index (χ3n) is 4.04. The number of nitrogens with zero attached hydrogens (tertiary/aromatic N) is 3. The summed E-state index contributed by atoms with van der Waals surface area (Å²) >= 11 is 5.53. The first-order chi connectivity index (χ1) is 12.0. The van der Waals surface area contributed by atoms with E-state index in [4.69, 9.17) is 11.6 Å². The molecule has 1 aliphatic rings. The van der Waals surface area contributed by atoms with E-state index in [0.717, 1.165) is 5.82 Å². The van der Waals surface area contributed by atoms with Crippen LogP contribution in [0, 0.1) is 0 Å². The number of carbonyl (C=O) groups excluding carboxylic acids is 1. The number of amides is 1. The van der Waals surface area contributed by atoms with Gasteiger partial charge in [-0.1, -0.05) is 6.07 Å². The van der Waals surface area contributed by atoms with Gasteiger partial charge in [0.05, 0.1) is 5.75 Å². The number of halogens is 1. The largest absolute Gasteiger partial charge is 0.356 e. The molecular weight excluding hydrogens is 364 g/mol. The molecule has 0 atom stereocenters. The normalized spacial score (nSPS) is 16.0. The number of anilines is 1. The van der Waals surface area contributed by atoms with Crippen LogP contribution in [0.4, 0.5) is 5.82 Å². The minimum atomic E-state index is -3.29. The second-order valence-corrected chi connectivity index (χ2v) is 8.35. The molecule has 1 amide bonds. The van der Waals surface area contributed by atoms with E-state index in [1.165, 1.54) is 4.31 Å². The van der Waals surface area contributed by atoms with Gasteiger partial charge in [-0.15, -0.1) is 11.6 Å². The number of piperazine rings is 1. The highest BCUT2D eigenvalue weighted by Gasteiger charge is 2.26. The van der Waals surface area contributed by atoms with Gasteiger partial charge in [0.2, 0.25) is 15.9 Å². The van der Waals surface area contributed by atoms with Crippen LogP contribution in [0.25, 0.3) is 0 Å². The molecule has 1 aliphatic heterocycles. The van der Waals surface area contributed by atoms with Crippen LogP contribution in [-0.4, -0.2) is 68.0 Å². The molecule has 7 nitrogen and oxygen atoms in total. The maximum absolute atomic E-state index is 12.4. The lowest BCUT2D eigenvalue weighted by molar-refractivity contribution is -0.121. The molecule has 0 spiro atoms. The Kier molecular flexibility index (Phi) is 7.92. The fourth-order valence-corrected chi connectivity index (χ4v) is 4.28. The first-order valence-electron chi connectivity index (χ1n) is 8.49. The highest BCUT2D eigenvalue weighted by molar-refractivity contribution is 7.89. The second-order valence-electron chi connectivity index (χ2n) is 5.89. The van der Waals surface area contributed by atoms with E-state index in [-0.39, 0.29) is 11.7 Å². The molecule has 2 heterocycles. The van der Waals surface area contributed by atoms with Crippen LogP contribution in [0.15, 0.2) is 24.4 Å². The van der Waals surface area contributed by atoms with Gasteiger partial charge >= 0.3 is 0 Å². The van der Waals surface area contributed by atoms with E-state index in [9.17, 15) is 13.2 Å². The zero-order valence-corrected chi connectivity index (χ0v) is 15.8. The van der Waals surface area contributed by atoms with Crippen molar-refractivity contribution in [2.24, 2.45) is 0 Å². The monoisotopic (exact) mass is 388 g/mol. The average molecular weight is 389 g/mol. The maximum Gasteiger partial charge on any atom is 0.220 e. The SMILES string of the molecule is O=C(CCCCl)NCCCS(=O)(=O)N1CCN(c2ccccn2)CC1. The Morgan fingerprint density at radius 2 is 1.96 bits per heavy atom. The fourth-order valence-electron chi connectivity index (χ4n) is 2.66. The molecule has 25 heavy (non-hydrogen) atoms. The Morgan fingerprint density at radius 1 is 1.20 bits per heavy atom. The molecule has 1 aromatic heterocycles. The van der Waals surface area contributed by atoms with Gasteiger partial charge in [-0.25, -0.2) is 13.4 Å². The van der Waals surface area contributed by atoms with Gasteiger partial charge < -0.3 is 10.2 Å². The average Bonchev–Trinajstić information content (AvgIpc) is 2.64. The van der Waals surface area contributed by atoms with Crippen LogP contribution in [-0.2, 0) is 14.8 Å². The van der Waals surface area contributed by atoms with Crippen molar-refractivity contribution in [3.63, 3.8) is 0 Å². The quantitative estimate of drug-likeness (QED) is 0.505. The maximum atomic E-state index is 12.4. The Morgan fingerprint density at radius 3 is 2.60 bits per heavy atom. The van der Waals surface area contributed by atoms with E-state index in [2.05, 4.69) is 15.2 Å². The first kappa shape index (κ1) is 19.9. The lowest BCUT2D eigenvalue weighted by Gasteiger charge is -2.34. The highest BCUT2D eigenvalue weighted by Crippen LogP contribution is 2.15. The summed E-state index contributed by atoms with van der Waals surface area (Å²) in [6, 6.07) is 5.71. The van der Waals surface area contributed by atoms with Gasteiger partial charge in [0, 0.05) is 51.2 Å². The Bertz CT molecular complexity index is 634. The van der Waals surface area contributed by atoms with Gasteiger partial charge in [0.15, 0.2) is 0 Å². The Labute approximate surface area is 154 Å². The Balaban J connectivity index is 1.71. The Hall–Kier alpha value is -1.38. The van der Waals surface area contributed by atoms with Gasteiger partial charge in [-0.3, -0.25) is 4.79 Å². The molecule has 0 bridgehead atoms. The zero-order chi connectivity index (χ0) is 18.1. The molecule has 1 fully saturated rings. The molecule has 1 N–H and O–H groups in total. The van der Waals surface area contributed by atoms with Crippen LogP contribution in [0.5, 0.6) is 0 Å².